The highest BCUT2D eigenvalue weighted by atomic mass is 28.3. The molecule has 1 atom stereocenters. The number of rotatable bonds is 15. The van der Waals surface area contributed by atoms with Crippen molar-refractivity contribution >= 4 is 9.53 Å². The minimum absolute atomic E-state index is 0.661. The molecule has 0 aliphatic heterocycles. The van der Waals surface area contributed by atoms with Crippen molar-refractivity contribution in [2.75, 3.05) is 60.1 Å². The second-order valence-corrected chi connectivity index (χ2v) is 7.38. The Kier molecular flexibility index (Phi) is 14.6. The van der Waals surface area contributed by atoms with Crippen LogP contribution in [-0.2, 0) is 13.3 Å². The molecular formula is C16H38N2O3Si. The summed E-state index contributed by atoms with van der Waals surface area (Å²) in [6, 6.07) is 0. The molecule has 5 nitrogen and oxygen atoms in total. The minimum Gasteiger partial charge on any atom is -0.376 e. The zero-order valence-electron chi connectivity index (χ0n) is 15.6. The highest BCUT2D eigenvalue weighted by Gasteiger charge is 2.16. The van der Waals surface area contributed by atoms with Crippen molar-refractivity contribution < 1.29 is 13.3 Å². The number of hydrogen-bond acceptors (Lipinski definition) is 5. The maximum absolute atomic E-state index is 5.86. The summed E-state index contributed by atoms with van der Waals surface area (Å²) in [5.41, 5.74) is 0. The Labute approximate surface area is 139 Å². The van der Waals surface area contributed by atoms with Crippen LogP contribution in [0.2, 0.25) is 0 Å². The van der Waals surface area contributed by atoms with Crippen LogP contribution in [0.25, 0.3) is 0 Å². The molecule has 6 heteroatoms. The van der Waals surface area contributed by atoms with Crippen molar-refractivity contribution in [1.29, 1.82) is 0 Å². The normalized spacial score (nSPS) is 13.5. The Hall–Kier alpha value is 0.0169. The predicted molar refractivity (Wildman–Crippen MR) is 95.4 cm³/mol. The third kappa shape index (κ3) is 11.6. The maximum atomic E-state index is 5.86. The van der Waals surface area contributed by atoms with Crippen molar-refractivity contribution in [3.05, 3.63) is 0 Å². The Balaban J connectivity index is 4.16. The average molecular weight is 335 g/mol. The molecule has 134 valence electrons. The van der Waals surface area contributed by atoms with Crippen LogP contribution in [0.1, 0.15) is 40.5 Å². The summed E-state index contributed by atoms with van der Waals surface area (Å²) in [5, 5.41) is 0. The molecule has 0 N–H and O–H groups in total. The fourth-order valence-corrected chi connectivity index (χ4v) is 3.66. The van der Waals surface area contributed by atoms with E-state index >= 15 is 0 Å². The summed E-state index contributed by atoms with van der Waals surface area (Å²) < 4.78 is 17.0. The van der Waals surface area contributed by atoms with E-state index in [1.807, 2.05) is 13.8 Å². The van der Waals surface area contributed by atoms with E-state index in [9.17, 15) is 0 Å². The second-order valence-electron chi connectivity index (χ2n) is 5.80. The molecule has 0 heterocycles. The first-order valence-electron chi connectivity index (χ1n) is 8.79. The van der Waals surface area contributed by atoms with Crippen LogP contribution in [0.5, 0.6) is 0 Å². The molecule has 0 amide bonds. The summed E-state index contributed by atoms with van der Waals surface area (Å²) in [6.45, 7) is 15.1. The molecule has 0 saturated heterocycles. The van der Waals surface area contributed by atoms with Crippen molar-refractivity contribution in [2.24, 2.45) is 5.92 Å². The summed E-state index contributed by atoms with van der Waals surface area (Å²) >= 11 is 0. The molecule has 0 radical (unpaired) electrons. The predicted octanol–water partition coefficient (Wildman–Crippen LogP) is 2.09. The molecule has 0 aliphatic carbocycles. The van der Waals surface area contributed by atoms with E-state index in [1.165, 1.54) is 13.0 Å². The largest absolute Gasteiger partial charge is 0.484 e. The molecule has 22 heavy (non-hydrogen) atoms. The van der Waals surface area contributed by atoms with E-state index in [4.69, 9.17) is 13.3 Å². The van der Waals surface area contributed by atoms with Gasteiger partial charge in [-0.05, 0) is 66.3 Å². The topological polar surface area (TPSA) is 34.2 Å². The highest BCUT2D eigenvalue weighted by molar-refractivity contribution is 6.36. The van der Waals surface area contributed by atoms with Gasteiger partial charge in [-0.15, -0.1) is 0 Å². The van der Waals surface area contributed by atoms with Gasteiger partial charge in [0, 0.05) is 26.4 Å². The van der Waals surface area contributed by atoms with E-state index < -0.39 is 9.53 Å². The lowest BCUT2D eigenvalue weighted by Crippen LogP contribution is -2.31. The van der Waals surface area contributed by atoms with E-state index in [1.54, 1.807) is 0 Å². The van der Waals surface area contributed by atoms with Gasteiger partial charge in [0.1, 0.15) is 0 Å². The van der Waals surface area contributed by atoms with Gasteiger partial charge in [-0.3, -0.25) is 0 Å². The Morgan fingerprint density at radius 3 is 1.91 bits per heavy atom. The minimum atomic E-state index is -1.90. The van der Waals surface area contributed by atoms with Crippen LogP contribution < -0.4 is 0 Å². The molecule has 0 rings (SSSR count). The highest BCUT2D eigenvalue weighted by Crippen LogP contribution is 2.12. The van der Waals surface area contributed by atoms with Gasteiger partial charge in [-0.2, -0.15) is 0 Å². The molecule has 0 aromatic heterocycles. The van der Waals surface area contributed by atoms with Gasteiger partial charge in [-0.25, -0.2) is 0 Å². The van der Waals surface area contributed by atoms with Crippen LogP contribution >= 0.6 is 0 Å². The van der Waals surface area contributed by atoms with Crippen molar-refractivity contribution in [1.82, 2.24) is 9.80 Å². The fourth-order valence-electron chi connectivity index (χ4n) is 2.50. The van der Waals surface area contributed by atoms with Gasteiger partial charge in [0.15, 0.2) is 0 Å². The van der Waals surface area contributed by atoms with Gasteiger partial charge < -0.3 is 23.1 Å². The zero-order valence-corrected chi connectivity index (χ0v) is 16.8. The first-order chi connectivity index (χ1) is 10.6. The van der Waals surface area contributed by atoms with Crippen LogP contribution in [0.15, 0.2) is 0 Å². The molecule has 0 spiro atoms. The lowest BCUT2D eigenvalue weighted by molar-refractivity contribution is 0.0933. The smallest absolute Gasteiger partial charge is 0.376 e. The molecule has 0 bridgehead atoms. The summed E-state index contributed by atoms with van der Waals surface area (Å²) in [7, 11) is 2.38. The van der Waals surface area contributed by atoms with Crippen molar-refractivity contribution in [3.63, 3.8) is 0 Å². The maximum Gasteiger partial charge on any atom is 0.484 e. The van der Waals surface area contributed by atoms with E-state index in [-0.39, 0.29) is 0 Å². The summed E-state index contributed by atoms with van der Waals surface area (Å²) in [6.07, 6.45) is 2.29. The lowest BCUT2D eigenvalue weighted by atomic mass is 10.0. The van der Waals surface area contributed by atoms with E-state index in [0.29, 0.717) is 19.1 Å². The lowest BCUT2D eigenvalue weighted by Gasteiger charge is -2.25. The second kappa shape index (κ2) is 14.6. The van der Waals surface area contributed by atoms with Crippen LogP contribution in [0.4, 0.5) is 0 Å². The first kappa shape index (κ1) is 22.0. The fraction of sp³-hybridized carbons (Fsp3) is 1.00. The van der Waals surface area contributed by atoms with Gasteiger partial charge in [0.05, 0.1) is 0 Å². The van der Waals surface area contributed by atoms with Crippen molar-refractivity contribution in [3.8, 4) is 0 Å². The average Bonchev–Trinajstić information content (AvgIpc) is 2.47. The van der Waals surface area contributed by atoms with E-state index in [2.05, 4.69) is 37.7 Å². The molecule has 0 saturated carbocycles. The zero-order chi connectivity index (χ0) is 16.8. The number of nitrogens with zero attached hydrogens (tertiary/aromatic N) is 2. The molecule has 0 aromatic rings. The van der Waals surface area contributed by atoms with Gasteiger partial charge in [-0.1, -0.05) is 13.8 Å². The summed E-state index contributed by atoms with van der Waals surface area (Å²) in [5.74, 6) is 0.661. The molecular weight excluding hydrogens is 296 g/mol. The molecule has 0 aromatic carbocycles. The van der Waals surface area contributed by atoms with Crippen LogP contribution in [0, 0.1) is 5.92 Å². The van der Waals surface area contributed by atoms with Gasteiger partial charge in [0.25, 0.3) is 0 Å². The molecule has 0 fully saturated rings. The SMILES string of the molecule is CCO[SiH](OCC)OCCC(CCN(CC)CC)CN(C)C. The Morgan fingerprint density at radius 1 is 0.864 bits per heavy atom. The Bertz CT molecular complexity index is 235. The van der Waals surface area contributed by atoms with Crippen molar-refractivity contribution in [2.45, 2.75) is 40.5 Å². The van der Waals surface area contributed by atoms with Gasteiger partial charge >= 0.3 is 9.53 Å². The molecule has 0 aliphatic rings. The summed E-state index contributed by atoms with van der Waals surface area (Å²) in [4.78, 5) is 4.76. The third-order valence-corrected chi connectivity index (χ3v) is 5.48. The van der Waals surface area contributed by atoms with Crippen LogP contribution in [0.3, 0.4) is 0 Å². The van der Waals surface area contributed by atoms with Crippen LogP contribution in [-0.4, -0.2) is 79.4 Å². The van der Waals surface area contributed by atoms with E-state index in [0.717, 1.165) is 32.7 Å². The Morgan fingerprint density at radius 2 is 1.45 bits per heavy atom. The quantitative estimate of drug-likeness (QED) is 0.428. The first-order valence-corrected chi connectivity index (χ1v) is 10.2. The molecule has 1 unspecified atom stereocenters. The van der Waals surface area contributed by atoms with Gasteiger partial charge in [0.2, 0.25) is 0 Å². The standard InChI is InChI=1S/C16H38N2O3Si/c1-7-18(8-2)13-11-16(15-17(5)6)12-14-21-22(19-9-3)20-10-4/h16,22H,7-15H2,1-6H3. The number of hydrogen-bond donors (Lipinski definition) is 0. The third-order valence-electron chi connectivity index (χ3n) is 3.76. The monoisotopic (exact) mass is 334 g/mol.